The van der Waals surface area contributed by atoms with Crippen LogP contribution in [0.15, 0.2) is 59.5 Å². The summed E-state index contributed by atoms with van der Waals surface area (Å²) in [4.78, 5) is 0.239. The van der Waals surface area contributed by atoms with Crippen LogP contribution in [0.25, 0.3) is 0 Å². The first-order valence-electron chi connectivity index (χ1n) is 7.73. The number of hydrogen-bond donors (Lipinski definition) is 0. The Hall–Kier alpha value is -3.13. The topological polar surface area (TPSA) is 87.6 Å². The molecule has 0 aliphatic carbocycles. The average Bonchev–Trinajstić information content (AvgIpc) is 2.64. The molecular weight excluding hydrogens is 356 g/mol. The van der Waals surface area contributed by atoms with Crippen LogP contribution in [0.4, 0.5) is 0 Å². The summed E-state index contributed by atoms with van der Waals surface area (Å²) < 4.78 is 40.0. The number of aromatic nitrogens is 2. The lowest BCUT2D eigenvalue weighted by Crippen LogP contribution is -2.06. The minimum absolute atomic E-state index is 0.156. The van der Waals surface area contributed by atoms with Crippen LogP contribution in [0.2, 0.25) is 0 Å². The van der Waals surface area contributed by atoms with Crippen molar-refractivity contribution in [1.29, 1.82) is 0 Å². The minimum atomic E-state index is -3.23. The number of rotatable bonds is 4. The second-order valence-corrected chi connectivity index (χ2v) is 7.70. The maximum absolute atomic E-state index is 11.5. The van der Waals surface area contributed by atoms with E-state index in [-0.39, 0.29) is 11.5 Å². The maximum atomic E-state index is 11.5. The van der Waals surface area contributed by atoms with Gasteiger partial charge in [0.25, 0.3) is 5.88 Å². The summed E-state index contributed by atoms with van der Waals surface area (Å²) in [6.45, 7) is 0.156. The van der Waals surface area contributed by atoms with Crippen molar-refractivity contribution in [3.8, 4) is 28.9 Å². The summed E-state index contributed by atoms with van der Waals surface area (Å²) in [5.74, 6) is 2.48. The molecule has 26 heavy (non-hydrogen) atoms. The molecule has 1 aliphatic heterocycles. The number of benzene rings is 2. The molecule has 0 radical (unpaired) electrons. The fourth-order valence-electron chi connectivity index (χ4n) is 2.40. The van der Waals surface area contributed by atoms with E-state index in [2.05, 4.69) is 10.2 Å². The summed E-state index contributed by atoms with van der Waals surface area (Å²) >= 11 is 0. The Kier molecular flexibility index (Phi) is 3.96. The molecule has 0 spiro atoms. The Morgan fingerprint density at radius 2 is 1.62 bits per heavy atom. The highest BCUT2D eigenvalue weighted by atomic mass is 32.2. The van der Waals surface area contributed by atoms with E-state index in [1.54, 1.807) is 30.3 Å². The molecule has 8 heteroatoms. The molecule has 132 valence electrons. The first-order chi connectivity index (χ1) is 12.5. The molecule has 0 saturated carbocycles. The molecule has 1 aliphatic rings. The van der Waals surface area contributed by atoms with Crippen LogP contribution >= 0.6 is 0 Å². The SMILES string of the molecule is CS(=O)(=O)c1ccc(OCc2cc3c(nn2)Oc2ccccc2O3)cc1. The third kappa shape index (κ3) is 3.31. The highest BCUT2D eigenvalue weighted by molar-refractivity contribution is 7.90. The van der Waals surface area contributed by atoms with Crippen LogP contribution in [0.1, 0.15) is 5.69 Å². The van der Waals surface area contributed by atoms with Crippen molar-refractivity contribution in [2.45, 2.75) is 11.5 Å². The summed E-state index contributed by atoms with van der Waals surface area (Å²) in [7, 11) is -3.23. The molecule has 0 unspecified atom stereocenters. The third-order valence-corrected chi connectivity index (χ3v) is 4.82. The monoisotopic (exact) mass is 370 g/mol. The number of nitrogens with zero attached hydrogens (tertiary/aromatic N) is 2. The summed E-state index contributed by atoms with van der Waals surface area (Å²) in [6, 6.07) is 15.2. The van der Waals surface area contributed by atoms with E-state index < -0.39 is 9.84 Å². The van der Waals surface area contributed by atoms with Crippen molar-refractivity contribution in [2.24, 2.45) is 0 Å². The minimum Gasteiger partial charge on any atom is -0.487 e. The molecule has 3 aromatic rings. The average molecular weight is 370 g/mol. The molecule has 0 N–H and O–H groups in total. The van der Waals surface area contributed by atoms with Crippen LogP contribution in [-0.2, 0) is 16.4 Å². The molecule has 1 aromatic heterocycles. The lowest BCUT2D eigenvalue weighted by atomic mass is 10.3. The van der Waals surface area contributed by atoms with Gasteiger partial charge in [-0.2, -0.15) is 0 Å². The highest BCUT2D eigenvalue weighted by Gasteiger charge is 2.20. The van der Waals surface area contributed by atoms with Gasteiger partial charge in [0.1, 0.15) is 18.1 Å². The standard InChI is InChI=1S/C18H14N2O5S/c1-26(21,22)14-8-6-13(7-9-14)23-11-12-10-17-18(20-19-12)25-16-5-3-2-4-15(16)24-17/h2-10H,11H2,1H3. The summed E-state index contributed by atoms with van der Waals surface area (Å²) in [6.07, 6.45) is 1.16. The van der Waals surface area contributed by atoms with Crippen LogP contribution < -0.4 is 14.2 Å². The van der Waals surface area contributed by atoms with Gasteiger partial charge in [-0.1, -0.05) is 12.1 Å². The predicted molar refractivity (Wildman–Crippen MR) is 92.5 cm³/mol. The van der Waals surface area contributed by atoms with E-state index in [1.807, 2.05) is 12.1 Å². The van der Waals surface area contributed by atoms with E-state index in [4.69, 9.17) is 14.2 Å². The molecule has 0 atom stereocenters. The fraction of sp³-hybridized carbons (Fsp3) is 0.111. The Morgan fingerprint density at radius 1 is 0.923 bits per heavy atom. The molecule has 0 bridgehead atoms. The largest absolute Gasteiger partial charge is 0.487 e. The molecule has 0 amide bonds. The van der Waals surface area contributed by atoms with Crippen LogP contribution in [0, 0.1) is 0 Å². The zero-order valence-electron chi connectivity index (χ0n) is 13.7. The molecular formula is C18H14N2O5S. The molecule has 2 aromatic carbocycles. The molecule has 0 fully saturated rings. The van der Waals surface area contributed by atoms with Gasteiger partial charge in [-0.15, -0.1) is 10.2 Å². The van der Waals surface area contributed by atoms with Crippen molar-refractivity contribution in [2.75, 3.05) is 6.26 Å². The highest BCUT2D eigenvalue weighted by Crippen LogP contribution is 2.43. The molecule has 7 nitrogen and oxygen atoms in total. The maximum Gasteiger partial charge on any atom is 0.282 e. The third-order valence-electron chi connectivity index (χ3n) is 3.69. The summed E-state index contributed by atoms with van der Waals surface area (Å²) in [5, 5.41) is 8.08. The van der Waals surface area contributed by atoms with Crippen LogP contribution in [0.5, 0.6) is 28.9 Å². The van der Waals surface area contributed by atoms with Gasteiger partial charge < -0.3 is 14.2 Å². The van der Waals surface area contributed by atoms with Gasteiger partial charge in [-0.05, 0) is 36.4 Å². The van der Waals surface area contributed by atoms with Crippen molar-refractivity contribution >= 4 is 9.84 Å². The van der Waals surface area contributed by atoms with Crippen molar-refractivity contribution in [3.05, 3.63) is 60.3 Å². The summed E-state index contributed by atoms with van der Waals surface area (Å²) in [5.41, 5.74) is 0.555. The smallest absolute Gasteiger partial charge is 0.282 e. The number of para-hydroxylation sites is 2. The van der Waals surface area contributed by atoms with Crippen molar-refractivity contribution in [3.63, 3.8) is 0 Å². The van der Waals surface area contributed by atoms with Gasteiger partial charge in [-0.25, -0.2) is 8.42 Å². The van der Waals surface area contributed by atoms with Gasteiger partial charge >= 0.3 is 0 Å². The van der Waals surface area contributed by atoms with Crippen molar-refractivity contribution in [1.82, 2.24) is 10.2 Å². The Balaban J connectivity index is 1.47. The lowest BCUT2D eigenvalue weighted by molar-refractivity contribution is 0.293. The van der Waals surface area contributed by atoms with E-state index in [9.17, 15) is 8.42 Å². The first kappa shape index (κ1) is 16.3. The van der Waals surface area contributed by atoms with Gasteiger partial charge in [0.2, 0.25) is 0 Å². The second kappa shape index (κ2) is 6.30. The quantitative estimate of drug-likeness (QED) is 0.544. The number of fused-ring (bicyclic) bond motifs is 2. The molecule has 0 saturated heterocycles. The van der Waals surface area contributed by atoms with Crippen molar-refractivity contribution < 1.29 is 22.6 Å². The Labute approximate surface area is 150 Å². The fourth-order valence-corrected chi connectivity index (χ4v) is 3.03. The normalized spacial score (nSPS) is 12.3. The zero-order valence-corrected chi connectivity index (χ0v) is 14.6. The van der Waals surface area contributed by atoms with Gasteiger partial charge in [-0.3, -0.25) is 0 Å². The number of ether oxygens (including phenoxy) is 3. The van der Waals surface area contributed by atoms with E-state index >= 15 is 0 Å². The van der Waals surface area contributed by atoms with E-state index in [0.29, 0.717) is 34.6 Å². The van der Waals surface area contributed by atoms with Gasteiger partial charge in [0, 0.05) is 12.3 Å². The predicted octanol–water partition coefficient (Wildman–Crippen LogP) is 3.36. The second-order valence-electron chi connectivity index (χ2n) is 5.69. The Bertz CT molecular complexity index is 1070. The van der Waals surface area contributed by atoms with E-state index in [0.717, 1.165) is 6.26 Å². The number of hydrogen-bond acceptors (Lipinski definition) is 7. The number of sulfone groups is 1. The lowest BCUT2D eigenvalue weighted by Gasteiger charge is -2.19. The molecule has 4 rings (SSSR count). The van der Waals surface area contributed by atoms with Gasteiger partial charge in [0.05, 0.1) is 4.90 Å². The Morgan fingerprint density at radius 3 is 2.31 bits per heavy atom. The van der Waals surface area contributed by atoms with Crippen LogP contribution in [0.3, 0.4) is 0 Å². The molecule has 2 heterocycles. The van der Waals surface area contributed by atoms with Crippen LogP contribution in [-0.4, -0.2) is 24.9 Å². The zero-order chi connectivity index (χ0) is 18.1. The van der Waals surface area contributed by atoms with E-state index in [1.165, 1.54) is 12.1 Å². The van der Waals surface area contributed by atoms with Gasteiger partial charge in [0.15, 0.2) is 27.1 Å². The first-order valence-corrected chi connectivity index (χ1v) is 9.62.